The number of rotatable bonds is 3. The molecule has 19 heavy (non-hydrogen) atoms. The van der Waals surface area contributed by atoms with Crippen LogP contribution in [0.25, 0.3) is 0 Å². The lowest BCUT2D eigenvalue weighted by Gasteiger charge is -2.07. The zero-order valence-electron chi connectivity index (χ0n) is 10.4. The number of aromatic nitrogens is 2. The van der Waals surface area contributed by atoms with Gasteiger partial charge in [-0.15, -0.1) is 0 Å². The van der Waals surface area contributed by atoms with Crippen LogP contribution >= 0.6 is 0 Å². The van der Waals surface area contributed by atoms with E-state index >= 15 is 0 Å². The molecule has 0 saturated carbocycles. The Morgan fingerprint density at radius 2 is 2.05 bits per heavy atom. The van der Waals surface area contributed by atoms with Gasteiger partial charge >= 0.3 is 0 Å². The van der Waals surface area contributed by atoms with Gasteiger partial charge in [-0.1, -0.05) is 0 Å². The summed E-state index contributed by atoms with van der Waals surface area (Å²) < 4.78 is 39.5. The maximum atomic E-state index is 13.0. The molecule has 0 amide bonds. The molecule has 0 radical (unpaired) electrons. The standard InChI is InChI=1S/C11H13FN4O2S/c1-6-7(2)14-15-11(6)16-19(17,18)8-3-4-9(12)10(13)5-8/h3-5H,13H2,1-2H3,(H2,14,15,16). The minimum atomic E-state index is -3.84. The molecule has 0 atom stereocenters. The molecule has 0 bridgehead atoms. The number of nitrogen functional groups attached to an aromatic ring is 1. The molecule has 0 aliphatic heterocycles. The fourth-order valence-electron chi connectivity index (χ4n) is 1.46. The number of nitrogens with one attached hydrogen (secondary N) is 2. The van der Waals surface area contributed by atoms with Crippen molar-refractivity contribution in [2.24, 2.45) is 0 Å². The Morgan fingerprint density at radius 3 is 2.58 bits per heavy atom. The van der Waals surface area contributed by atoms with Crippen LogP contribution in [0.4, 0.5) is 15.9 Å². The average molecular weight is 284 g/mol. The van der Waals surface area contributed by atoms with Crippen LogP contribution in [0.1, 0.15) is 11.3 Å². The third-order valence-corrected chi connectivity index (χ3v) is 4.10. The van der Waals surface area contributed by atoms with Crippen LogP contribution in [0.5, 0.6) is 0 Å². The summed E-state index contributed by atoms with van der Waals surface area (Å²) in [4.78, 5) is -0.119. The van der Waals surface area contributed by atoms with E-state index in [0.717, 1.165) is 23.9 Å². The number of sulfonamides is 1. The predicted molar refractivity (Wildman–Crippen MR) is 69.7 cm³/mol. The van der Waals surface area contributed by atoms with Gasteiger partial charge in [0.1, 0.15) is 5.82 Å². The summed E-state index contributed by atoms with van der Waals surface area (Å²) in [5.41, 5.74) is 6.59. The van der Waals surface area contributed by atoms with E-state index in [-0.39, 0.29) is 16.4 Å². The minimum absolute atomic E-state index is 0.119. The van der Waals surface area contributed by atoms with E-state index in [1.165, 1.54) is 0 Å². The van der Waals surface area contributed by atoms with Gasteiger partial charge in [0, 0.05) is 11.3 Å². The average Bonchev–Trinajstić information content (AvgIpc) is 2.64. The molecule has 2 rings (SSSR count). The van der Waals surface area contributed by atoms with Crippen LogP contribution in [0.3, 0.4) is 0 Å². The van der Waals surface area contributed by atoms with Crippen molar-refractivity contribution in [3.8, 4) is 0 Å². The second-order valence-corrected chi connectivity index (χ2v) is 5.79. The molecule has 0 spiro atoms. The molecule has 1 heterocycles. The SMILES string of the molecule is Cc1[nH]nc(NS(=O)(=O)c2ccc(F)c(N)c2)c1C. The molecule has 6 nitrogen and oxygen atoms in total. The van der Waals surface area contributed by atoms with E-state index in [9.17, 15) is 12.8 Å². The molecule has 2 aromatic rings. The van der Waals surface area contributed by atoms with Crippen LogP contribution in [0.15, 0.2) is 23.1 Å². The first kappa shape index (κ1) is 13.3. The maximum Gasteiger partial charge on any atom is 0.263 e. The van der Waals surface area contributed by atoms with Crippen LogP contribution < -0.4 is 10.5 Å². The summed E-state index contributed by atoms with van der Waals surface area (Å²) >= 11 is 0. The third-order valence-electron chi connectivity index (χ3n) is 2.76. The van der Waals surface area contributed by atoms with Gasteiger partial charge in [0.15, 0.2) is 5.82 Å². The molecule has 0 aliphatic carbocycles. The van der Waals surface area contributed by atoms with Crippen molar-refractivity contribution in [1.29, 1.82) is 0 Å². The Bertz CT molecular complexity index is 724. The molecule has 1 aromatic carbocycles. The van der Waals surface area contributed by atoms with Crippen LogP contribution in [0.2, 0.25) is 0 Å². The Kier molecular flexibility index (Phi) is 3.19. The number of H-pyrrole nitrogens is 1. The highest BCUT2D eigenvalue weighted by atomic mass is 32.2. The summed E-state index contributed by atoms with van der Waals surface area (Å²) in [7, 11) is -3.84. The number of benzene rings is 1. The van der Waals surface area contributed by atoms with Gasteiger partial charge in [0.25, 0.3) is 10.0 Å². The highest BCUT2D eigenvalue weighted by molar-refractivity contribution is 7.92. The van der Waals surface area contributed by atoms with Gasteiger partial charge in [0.2, 0.25) is 0 Å². The normalized spacial score (nSPS) is 11.5. The zero-order chi connectivity index (χ0) is 14.2. The molecular formula is C11H13FN4O2S. The van der Waals surface area contributed by atoms with Crippen molar-refractivity contribution >= 4 is 21.5 Å². The molecule has 0 aliphatic rings. The number of nitrogens with zero attached hydrogens (tertiary/aromatic N) is 1. The lowest BCUT2D eigenvalue weighted by Crippen LogP contribution is -2.14. The lowest BCUT2D eigenvalue weighted by atomic mass is 10.3. The number of hydrogen-bond donors (Lipinski definition) is 3. The minimum Gasteiger partial charge on any atom is -0.396 e. The monoisotopic (exact) mass is 284 g/mol. The lowest BCUT2D eigenvalue weighted by molar-refractivity contribution is 0.600. The summed E-state index contributed by atoms with van der Waals surface area (Å²) in [6.07, 6.45) is 0. The molecule has 0 saturated heterocycles. The molecule has 102 valence electrons. The topological polar surface area (TPSA) is 101 Å². The van der Waals surface area contributed by atoms with Gasteiger partial charge in [-0.05, 0) is 32.0 Å². The number of halogens is 1. The van der Waals surface area contributed by atoms with Crippen molar-refractivity contribution in [3.63, 3.8) is 0 Å². The Balaban J connectivity index is 2.37. The molecule has 4 N–H and O–H groups in total. The number of aryl methyl sites for hydroxylation is 1. The Morgan fingerprint density at radius 1 is 1.37 bits per heavy atom. The van der Waals surface area contributed by atoms with E-state index < -0.39 is 15.8 Å². The van der Waals surface area contributed by atoms with Crippen LogP contribution in [-0.2, 0) is 10.0 Å². The van der Waals surface area contributed by atoms with Crippen molar-refractivity contribution in [3.05, 3.63) is 35.3 Å². The van der Waals surface area contributed by atoms with E-state index in [0.29, 0.717) is 5.56 Å². The molecule has 1 aromatic heterocycles. The fraction of sp³-hybridized carbons (Fsp3) is 0.182. The van der Waals surface area contributed by atoms with Gasteiger partial charge in [-0.2, -0.15) is 5.10 Å². The zero-order valence-corrected chi connectivity index (χ0v) is 11.2. The summed E-state index contributed by atoms with van der Waals surface area (Å²) in [6.45, 7) is 3.51. The molecule has 8 heteroatoms. The first-order valence-electron chi connectivity index (χ1n) is 5.40. The van der Waals surface area contributed by atoms with Gasteiger partial charge in [-0.3, -0.25) is 9.82 Å². The smallest absolute Gasteiger partial charge is 0.263 e. The highest BCUT2D eigenvalue weighted by Crippen LogP contribution is 2.21. The van der Waals surface area contributed by atoms with E-state index in [4.69, 9.17) is 5.73 Å². The van der Waals surface area contributed by atoms with Crippen LogP contribution in [-0.4, -0.2) is 18.6 Å². The van der Waals surface area contributed by atoms with E-state index in [2.05, 4.69) is 14.9 Å². The van der Waals surface area contributed by atoms with Crippen molar-refractivity contribution in [2.75, 3.05) is 10.5 Å². The number of hydrogen-bond acceptors (Lipinski definition) is 4. The number of anilines is 2. The first-order valence-corrected chi connectivity index (χ1v) is 6.89. The largest absolute Gasteiger partial charge is 0.396 e. The molecule has 0 fully saturated rings. The van der Waals surface area contributed by atoms with Gasteiger partial charge in [0.05, 0.1) is 10.6 Å². The summed E-state index contributed by atoms with van der Waals surface area (Å²) in [5.74, 6) is -0.453. The van der Waals surface area contributed by atoms with Crippen molar-refractivity contribution in [2.45, 2.75) is 18.7 Å². The second kappa shape index (κ2) is 4.54. The highest BCUT2D eigenvalue weighted by Gasteiger charge is 2.18. The van der Waals surface area contributed by atoms with E-state index in [1.54, 1.807) is 13.8 Å². The van der Waals surface area contributed by atoms with Crippen molar-refractivity contribution in [1.82, 2.24) is 10.2 Å². The van der Waals surface area contributed by atoms with E-state index in [1.807, 2.05) is 0 Å². The first-order chi connectivity index (χ1) is 8.81. The summed E-state index contributed by atoms with van der Waals surface area (Å²) in [6, 6.07) is 3.21. The fourth-order valence-corrected chi connectivity index (χ4v) is 2.56. The van der Waals surface area contributed by atoms with Crippen LogP contribution in [0, 0.1) is 19.7 Å². The molecule has 0 unspecified atom stereocenters. The maximum absolute atomic E-state index is 13.0. The summed E-state index contributed by atoms with van der Waals surface area (Å²) in [5, 5.41) is 6.52. The molecular weight excluding hydrogens is 271 g/mol. The number of aromatic amines is 1. The van der Waals surface area contributed by atoms with Crippen molar-refractivity contribution < 1.29 is 12.8 Å². The third kappa shape index (κ3) is 2.53. The number of nitrogens with two attached hydrogens (primary N) is 1. The predicted octanol–water partition coefficient (Wildman–Crippen LogP) is 1.55. The van der Waals surface area contributed by atoms with Gasteiger partial charge in [-0.25, -0.2) is 12.8 Å². The van der Waals surface area contributed by atoms with Gasteiger partial charge < -0.3 is 5.73 Å². The second-order valence-electron chi connectivity index (χ2n) is 4.11. The Hall–Kier alpha value is -2.09. The quantitative estimate of drug-likeness (QED) is 0.744. The Labute approximate surface area is 109 Å².